The van der Waals surface area contributed by atoms with Crippen LogP contribution in [-0.2, 0) is 30.4 Å². The molecular weight excluding hydrogens is 655 g/mol. The molecule has 1 aromatic heterocycles. The standard InChI is InChI=1S/C18H19N7O11S3.3Na/c19-5-6-20-16-23-17(21-12-3-1-9(37(28,29)30)7-11(12)15(26)27)25-18(24-16)22-13-8-10(38(31,32)33)2-4-14(13)39(34,35)36;;;/h1-4,7-8H,5-6,19H2,(H,26,27)(H,28,29,30)(H,31,32,33)(H,34,35,36)(H3,20,21,22,23,24,25);;;/q;3*+1/p-3. The number of rotatable bonds is 11. The second kappa shape index (κ2) is 16.4. The maximum absolute atomic E-state index is 11.7. The van der Waals surface area contributed by atoms with Crippen LogP contribution >= 0.6 is 0 Å². The van der Waals surface area contributed by atoms with Crippen molar-refractivity contribution < 1.29 is 137 Å². The molecule has 0 fully saturated rings. The molecule has 0 bridgehead atoms. The average Bonchev–Trinajstić information content (AvgIpc) is 2.80. The van der Waals surface area contributed by atoms with Gasteiger partial charge in [0, 0.05) is 13.1 Å². The molecule has 24 heteroatoms. The number of benzene rings is 2. The Kier molecular flexibility index (Phi) is 16.0. The third-order valence-electron chi connectivity index (χ3n) is 4.57. The molecule has 210 valence electrons. The number of aromatic nitrogens is 3. The SMILES string of the molecule is NCCNc1nc(Nc2ccc(S(=O)(=O)[O-])cc2C(=O)O)nc(Nc2cc(S(=O)(=O)[O-])ccc2S(=O)(=O)[O-])n1.[Na+].[Na+].[Na+]. The third kappa shape index (κ3) is 11.2. The second-order valence-electron chi connectivity index (χ2n) is 7.30. The van der Waals surface area contributed by atoms with Crippen molar-refractivity contribution in [3.05, 3.63) is 42.0 Å². The summed E-state index contributed by atoms with van der Waals surface area (Å²) < 4.78 is 103. The van der Waals surface area contributed by atoms with Gasteiger partial charge in [0.1, 0.15) is 30.4 Å². The molecule has 0 aliphatic rings. The first-order chi connectivity index (χ1) is 18.0. The molecule has 1 heterocycles. The largest absolute Gasteiger partial charge is 1.00 e. The normalized spacial score (nSPS) is 11.2. The third-order valence-corrected chi connectivity index (χ3v) is 7.13. The van der Waals surface area contributed by atoms with E-state index in [4.69, 9.17) is 5.73 Å². The Labute approximate surface area is 305 Å². The molecule has 0 unspecified atom stereocenters. The number of anilines is 5. The molecule has 0 aliphatic heterocycles. The smallest absolute Gasteiger partial charge is 0.744 e. The summed E-state index contributed by atoms with van der Waals surface area (Å²) in [5.41, 5.74) is 3.81. The van der Waals surface area contributed by atoms with Crippen LogP contribution in [0.15, 0.2) is 51.1 Å². The van der Waals surface area contributed by atoms with Gasteiger partial charge >= 0.3 is 94.6 Å². The van der Waals surface area contributed by atoms with E-state index in [-0.39, 0.29) is 113 Å². The molecule has 0 radical (unpaired) electrons. The Bertz CT molecular complexity index is 1780. The fourth-order valence-electron chi connectivity index (χ4n) is 2.94. The molecule has 0 amide bonds. The van der Waals surface area contributed by atoms with Crippen molar-refractivity contribution in [3.8, 4) is 0 Å². The quantitative estimate of drug-likeness (QED) is 0.0933. The van der Waals surface area contributed by atoms with Crippen LogP contribution in [0.1, 0.15) is 10.4 Å². The van der Waals surface area contributed by atoms with Gasteiger partial charge in [-0.25, -0.2) is 30.0 Å². The number of nitrogens with two attached hydrogens (primary N) is 1. The first kappa shape index (κ1) is 41.0. The molecular formula is C18H16N7Na3O11S3. The summed E-state index contributed by atoms with van der Waals surface area (Å²) in [7, 11) is -15.3. The first-order valence-corrected chi connectivity index (χ1v) is 14.3. The summed E-state index contributed by atoms with van der Waals surface area (Å²) in [5.74, 6) is -2.80. The minimum Gasteiger partial charge on any atom is -0.744 e. The Hall–Kier alpha value is -0.990. The summed E-state index contributed by atoms with van der Waals surface area (Å²) >= 11 is 0. The van der Waals surface area contributed by atoms with E-state index in [1.807, 2.05) is 0 Å². The van der Waals surface area contributed by atoms with Gasteiger partial charge in [0.15, 0.2) is 0 Å². The van der Waals surface area contributed by atoms with Gasteiger partial charge in [-0.05, 0) is 36.4 Å². The van der Waals surface area contributed by atoms with Gasteiger partial charge < -0.3 is 40.4 Å². The summed E-state index contributed by atoms with van der Waals surface area (Å²) in [4.78, 5) is 20.8. The van der Waals surface area contributed by atoms with E-state index in [0.29, 0.717) is 24.3 Å². The number of hydrogen-bond donors (Lipinski definition) is 5. The van der Waals surface area contributed by atoms with E-state index in [2.05, 4.69) is 30.9 Å². The number of nitrogens with zero attached hydrogens (tertiary/aromatic N) is 3. The maximum Gasteiger partial charge on any atom is 1.00 e. The van der Waals surface area contributed by atoms with Gasteiger partial charge in [-0.1, -0.05) is 0 Å². The van der Waals surface area contributed by atoms with Gasteiger partial charge in [0.25, 0.3) is 0 Å². The molecule has 0 saturated heterocycles. The number of carbonyl (C=O) groups is 1. The molecule has 42 heavy (non-hydrogen) atoms. The molecule has 0 saturated carbocycles. The fourth-order valence-corrected chi connectivity index (χ4v) is 4.54. The first-order valence-electron chi connectivity index (χ1n) is 10.1. The van der Waals surface area contributed by atoms with Crippen LogP contribution < -0.4 is 110 Å². The number of aromatic carboxylic acids is 1. The summed E-state index contributed by atoms with van der Waals surface area (Å²) in [6, 6.07) is 4.15. The van der Waals surface area contributed by atoms with E-state index >= 15 is 0 Å². The zero-order valence-electron chi connectivity index (χ0n) is 22.1. The fraction of sp³-hybridized carbons (Fsp3) is 0.111. The Morgan fingerprint density at radius 1 is 0.738 bits per heavy atom. The van der Waals surface area contributed by atoms with Crippen LogP contribution in [0.3, 0.4) is 0 Å². The zero-order valence-corrected chi connectivity index (χ0v) is 30.5. The van der Waals surface area contributed by atoms with Crippen LogP contribution in [0.5, 0.6) is 0 Å². The second-order valence-corrected chi connectivity index (χ2v) is 11.4. The van der Waals surface area contributed by atoms with E-state index in [1.54, 1.807) is 0 Å². The number of carboxylic acids is 1. The van der Waals surface area contributed by atoms with Crippen LogP contribution in [-0.4, -0.2) is 78.0 Å². The van der Waals surface area contributed by atoms with Gasteiger partial charge in [-0.3, -0.25) is 0 Å². The number of nitrogens with one attached hydrogen (secondary N) is 3. The topological polar surface area (TPSA) is 310 Å². The Balaban J connectivity index is 0.00000560. The number of carboxylic acid groups (broad SMARTS) is 1. The molecule has 3 aromatic rings. The molecule has 6 N–H and O–H groups in total. The van der Waals surface area contributed by atoms with Gasteiger partial charge in [-0.2, -0.15) is 15.0 Å². The van der Waals surface area contributed by atoms with Crippen LogP contribution in [0.25, 0.3) is 0 Å². The van der Waals surface area contributed by atoms with Gasteiger partial charge in [0.05, 0.1) is 31.6 Å². The maximum atomic E-state index is 11.7. The molecule has 0 atom stereocenters. The van der Waals surface area contributed by atoms with Crippen molar-refractivity contribution in [1.29, 1.82) is 0 Å². The van der Waals surface area contributed by atoms with Crippen LogP contribution in [0.2, 0.25) is 0 Å². The van der Waals surface area contributed by atoms with E-state index < -0.39 is 74.2 Å². The molecule has 3 rings (SSSR count). The van der Waals surface area contributed by atoms with E-state index in [1.165, 1.54) is 0 Å². The minimum atomic E-state index is -5.20. The van der Waals surface area contributed by atoms with E-state index in [0.717, 1.165) is 12.1 Å². The predicted octanol–water partition coefficient (Wildman–Crippen LogP) is -9.85. The van der Waals surface area contributed by atoms with Crippen molar-refractivity contribution >= 4 is 65.5 Å². The summed E-state index contributed by atoms with van der Waals surface area (Å²) in [6.07, 6.45) is 0. The van der Waals surface area contributed by atoms with E-state index in [9.17, 15) is 48.8 Å². The van der Waals surface area contributed by atoms with Gasteiger partial charge in [0.2, 0.25) is 17.8 Å². The molecule has 0 aliphatic carbocycles. The molecule has 0 spiro atoms. The molecule has 18 nitrogen and oxygen atoms in total. The van der Waals surface area contributed by atoms with Crippen molar-refractivity contribution in [2.24, 2.45) is 5.73 Å². The Morgan fingerprint density at radius 2 is 1.21 bits per heavy atom. The van der Waals surface area contributed by atoms with Crippen molar-refractivity contribution in [2.45, 2.75) is 14.7 Å². The predicted molar refractivity (Wildman–Crippen MR) is 128 cm³/mol. The van der Waals surface area contributed by atoms with Crippen LogP contribution in [0, 0.1) is 0 Å². The summed E-state index contributed by atoms with van der Waals surface area (Å²) in [6.45, 7) is 0.191. The zero-order chi connectivity index (χ0) is 29.2. The monoisotopic (exact) mass is 671 g/mol. The van der Waals surface area contributed by atoms with Crippen LogP contribution in [0.4, 0.5) is 29.2 Å². The average molecular weight is 672 g/mol. The minimum absolute atomic E-state index is 0. The van der Waals surface area contributed by atoms with Crippen molar-refractivity contribution in [2.75, 3.05) is 29.0 Å². The van der Waals surface area contributed by atoms with Crippen molar-refractivity contribution in [1.82, 2.24) is 15.0 Å². The summed E-state index contributed by atoms with van der Waals surface area (Å²) in [5, 5.41) is 16.9. The van der Waals surface area contributed by atoms with Crippen molar-refractivity contribution in [3.63, 3.8) is 0 Å². The Morgan fingerprint density at radius 3 is 1.69 bits per heavy atom. The molecule has 2 aromatic carbocycles. The van der Waals surface area contributed by atoms with Gasteiger partial charge in [-0.15, -0.1) is 0 Å². The number of hydrogen-bond acceptors (Lipinski definition) is 17.